The fourth-order valence-corrected chi connectivity index (χ4v) is 2.87. The van der Waals surface area contributed by atoms with E-state index in [2.05, 4.69) is 4.90 Å². The number of ether oxygens (including phenoxy) is 1. The normalized spacial score (nSPS) is 20.8. The van der Waals surface area contributed by atoms with Crippen molar-refractivity contribution >= 4 is 17.5 Å². The van der Waals surface area contributed by atoms with Crippen LogP contribution in [0.2, 0.25) is 5.02 Å². The first kappa shape index (κ1) is 13.9. The molecule has 2 fully saturated rings. The monoisotopic (exact) mass is 294 g/mol. The van der Waals surface area contributed by atoms with Crippen LogP contribution in [0.4, 0.5) is 0 Å². The van der Waals surface area contributed by atoms with E-state index in [0.717, 1.165) is 37.7 Å². The lowest BCUT2D eigenvalue weighted by Gasteiger charge is -2.41. The van der Waals surface area contributed by atoms with Crippen LogP contribution in [0.1, 0.15) is 5.56 Å². The molecule has 0 radical (unpaired) electrons. The van der Waals surface area contributed by atoms with Crippen molar-refractivity contribution in [1.82, 2.24) is 9.80 Å². The summed E-state index contributed by atoms with van der Waals surface area (Å²) in [7, 11) is 0. The second kappa shape index (κ2) is 6.12. The van der Waals surface area contributed by atoms with Crippen molar-refractivity contribution < 1.29 is 9.53 Å². The van der Waals surface area contributed by atoms with Crippen molar-refractivity contribution in [3.63, 3.8) is 0 Å². The molecule has 0 unspecified atom stereocenters. The van der Waals surface area contributed by atoms with Crippen molar-refractivity contribution in [3.05, 3.63) is 34.9 Å². The van der Waals surface area contributed by atoms with Crippen molar-refractivity contribution in [3.8, 4) is 0 Å². The summed E-state index contributed by atoms with van der Waals surface area (Å²) in [5, 5.41) is 0.762. The summed E-state index contributed by atoms with van der Waals surface area (Å²) in [6.07, 6.45) is 0. The Labute approximate surface area is 124 Å². The Morgan fingerprint density at radius 1 is 1.20 bits per heavy atom. The summed E-state index contributed by atoms with van der Waals surface area (Å²) in [6, 6.07) is 7.90. The highest BCUT2D eigenvalue weighted by molar-refractivity contribution is 6.30. The number of likely N-dealkylation sites (tertiary alicyclic amines) is 1. The molecule has 0 spiro atoms. The van der Waals surface area contributed by atoms with Crippen molar-refractivity contribution in [1.29, 1.82) is 0 Å². The third-order valence-electron chi connectivity index (χ3n) is 3.95. The molecule has 0 bridgehead atoms. The van der Waals surface area contributed by atoms with E-state index >= 15 is 0 Å². The first-order chi connectivity index (χ1) is 9.72. The van der Waals surface area contributed by atoms with E-state index in [-0.39, 0.29) is 5.92 Å². The fraction of sp³-hybridized carbons (Fsp3) is 0.533. The van der Waals surface area contributed by atoms with Crippen LogP contribution in [-0.4, -0.2) is 55.1 Å². The quantitative estimate of drug-likeness (QED) is 0.849. The largest absolute Gasteiger partial charge is 0.378 e. The fourth-order valence-electron chi connectivity index (χ4n) is 2.75. The van der Waals surface area contributed by atoms with Crippen LogP contribution in [0, 0.1) is 5.92 Å². The lowest BCUT2D eigenvalue weighted by molar-refractivity contribution is -0.145. The second-order valence-corrected chi connectivity index (χ2v) is 5.89. The highest BCUT2D eigenvalue weighted by Gasteiger charge is 2.35. The SMILES string of the molecule is O=C(C1CN(Cc2ccc(Cl)cc2)C1)N1CCOCC1. The summed E-state index contributed by atoms with van der Waals surface area (Å²) in [4.78, 5) is 16.5. The summed E-state index contributed by atoms with van der Waals surface area (Å²) in [6.45, 7) is 5.45. The smallest absolute Gasteiger partial charge is 0.228 e. The molecule has 0 atom stereocenters. The number of amides is 1. The summed E-state index contributed by atoms with van der Waals surface area (Å²) in [5.74, 6) is 0.459. The molecule has 0 aliphatic carbocycles. The van der Waals surface area contributed by atoms with Gasteiger partial charge in [0.2, 0.25) is 5.91 Å². The zero-order valence-corrected chi connectivity index (χ0v) is 12.2. The molecule has 0 aromatic heterocycles. The Bertz CT molecular complexity index is 465. The van der Waals surface area contributed by atoms with Crippen LogP contribution in [0.15, 0.2) is 24.3 Å². The highest BCUT2D eigenvalue weighted by atomic mass is 35.5. The van der Waals surface area contributed by atoms with Gasteiger partial charge >= 0.3 is 0 Å². The Balaban J connectivity index is 1.46. The van der Waals surface area contributed by atoms with E-state index in [9.17, 15) is 4.79 Å². The van der Waals surface area contributed by atoms with Gasteiger partial charge in [0.05, 0.1) is 19.1 Å². The first-order valence-electron chi connectivity index (χ1n) is 7.06. The topological polar surface area (TPSA) is 32.8 Å². The minimum atomic E-state index is 0.167. The first-order valence-corrected chi connectivity index (χ1v) is 7.43. The molecule has 2 aliphatic rings. The maximum absolute atomic E-state index is 12.2. The zero-order valence-electron chi connectivity index (χ0n) is 11.4. The number of carbonyl (C=O) groups is 1. The van der Waals surface area contributed by atoms with Gasteiger partial charge in [0.25, 0.3) is 0 Å². The van der Waals surface area contributed by atoms with Gasteiger partial charge in [-0.05, 0) is 17.7 Å². The number of benzene rings is 1. The molecule has 0 saturated carbocycles. The number of hydrogen-bond acceptors (Lipinski definition) is 3. The predicted octanol–water partition coefficient (Wildman–Crippen LogP) is 1.63. The van der Waals surface area contributed by atoms with E-state index in [4.69, 9.17) is 16.3 Å². The molecule has 2 saturated heterocycles. The van der Waals surface area contributed by atoms with Gasteiger partial charge in [-0.1, -0.05) is 23.7 Å². The van der Waals surface area contributed by atoms with Gasteiger partial charge in [0, 0.05) is 37.7 Å². The van der Waals surface area contributed by atoms with Crippen molar-refractivity contribution in [2.45, 2.75) is 6.54 Å². The van der Waals surface area contributed by atoms with Gasteiger partial charge < -0.3 is 9.64 Å². The Morgan fingerprint density at radius 3 is 2.50 bits per heavy atom. The average Bonchev–Trinajstić information content (AvgIpc) is 2.45. The highest BCUT2D eigenvalue weighted by Crippen LogP contribution is 2.22. The molecule has 108 valence electrons. The predicted molar refractivity (Wildman–Crippen MR) is 77.6 cm³/mol. The van der Waals surface area contributed by atoms with E-state index in [1.54, 1.807) is 0 Å². The zero-order chi connectivity index (χ0) is 13.9. The molecule has 1 aromatic carbocycles. The van der Waals surface area contributed by atoms with Gasteiger partial charge in [0.1, 0.15) is 0 Å². The Kier molecular flexibility index (Phi) is 4.24. The molecular weight excluding hydrogens is 276 g/mol. The van der Waals surface area contributed by atoms with E-state index < -0.39 is 0 Å². The standard InChI is InChI=1S/C15H19ClN2O2/c16-14-3-1-12(2-4-14)9-17-10-13(11-17)15(19)18-5-7-20-8-6-18/h1-4,13H,5-11H2. The number of carbonyl (C=O) groups excluding carboxylic acids is 1. The third-order valence-corrected chi connectivity index (χ3v) is 4.20. The van der Waals surface area contributed by atoms with Crippen LogP contribution >= 0.6 is 11.6 Å². The van der Waals surface area contributed by atoms with Gasteiger partial charge in [-0.25, -0.2) is 0 Å². The molecule has 4 nitrogen and oxygen atoms in total. The number of hydrogen-bond donors (Lipinski definition) is 0. The van der Waals surface area contributed by atoms with E-state index in [1.807, 2.05) is 29.2 Å². The molecule has 1 aromatic rings. The second-order valence-electron chi connectivity index (χ2n) is 5.46. The number of morpholine rings is 1. The lowest BCUT2D eigenvalue weighted by atomic mass is 9.97. The number of halogens is 1. The van der Waals surface area contributed by atoms with Gasteiger partial charge in [-0.2, -0.15) is 0 Å². The van der Waals surface area contributed by atoms with Gasteiger partial charge in [0.15, 0.2) is 0 Å². The van der Waals surface area contributed by atoms with Crippen molar-refractivity contribution in [2.24, 2.45) is 5.92 Å². The van der Waals surface area contributed by atoms with Gasteiger partial charge in [-0.15, -0.1) is 0 Å². The molecule has 5 heteroatoms. The minimum Gasteiger partial charge on any atom is -0.378 e. The van der Waals surface area contributed by atoms with Gasteiger partial charge in [-0.3, -0.25) is 9.69 Å². The maximum Gasteiger partial charge on any atom is 0.228 e. The van der Waals surface area contributed by atoms with Crippen molar-refractivity contribution in [2.75, 3.05) is 39.4 Å². The number of nitrogens with zero attached hydrogens (tertiary/aromatic N) is 2. The number of rotatable bonds is 3. The van der Waals surface area contributed by atoms with Crippen LogP contribution in [0.25, 0.3) is 0 Å². The average molecular weight is 295 g/mol. The molecule has 0 N–H and O–H groups in total. The molecule has 3 rings (SSSR count). The summed E-state index contributed by atoms with van der Waals surface area (Å²) in [5.41, 5.74) is 1.24. The molecule has 2 aliphatic heterocycles. The molecular formula is C15H19ClN2O2. The lowest BCUT2D eigenvalue weighted by Crippen LogP contribution is -2.55. The summed E-state index contributed by atoms with van der Waals surface area (Å²) < 4.78 is 5.28. The van der Waals surface area contributed by atoms with E-state index in [1.165, 1.54) is 5.56 Å². The molecule has 2 heterocycles. The molecule has 1 amide bonds. The van der Waals surface area contributed by atoms with E-state index in [0.29, 0.717) is 19.1 Å². The van der Waals surface area contributed by atoms with Crippen LogP contribution < -0.4 is 0 Å². The van der Waals surface area contributed by atoms with Crippen LogP contribution in [0.3, 0.4) is 0 Å². The Hall–Kier alpha value is -1.10. The maximum atomic E-state index is 12.2. The van der Waals surface area contributed by atoms with Crippen LogP contribution in [-0.2, 0) is 16.1 Å². The van der Waals surface area contributed by atoms with Crippen LogP contribution in [0.5, 0.6) is 0 Å². The Morgan fingerprint density at radius 2 is 1.85 bits per heavy atom. The molecule has 20 heavy (non-hydrogen) atoms. The minimum absolute atomic E-state index is 0.167. The third kappa shape index (κ3) is 3.14. The summed E-state index contributed by atoms with van der Waals surface area (Å²) >= 11 is 5.87.